The monoisotopic (exact) mass is 216 g/mol. The number of nitrogens with zero attached hydrogens (tertiary/aromatic N) is 1. The quantitative estimate of drug-likeness (QED) is 0.783. The lowest BCUT2D eigenvalue weighted by atomic mass is 10.1. The summed E-state index contributed by atoms with van der Waals surface area (Å²) >= 11 is 0. The summed E-state index contributed by atoms with van der Waals surface area (Å²) in [5.74, 6) is 1.92. The van der Waals surface area contributed by atoms with Crippen LogP contribution in [0.5, 0.6) is 0 Å². The highest BCUT2D eigenvalue weighted by molar-refractivity contribution is 5.60. The molecule has 3 nitrogen and oxygen atoms in total. The summed E-state index contributed by atoms with van der Waals surface area (Å²) < 4.78 is 5.67. The van der Waals surface area contributed by atoms with Crippen LogP contribution in [0.4, 0.5) is 5.69 Å². The second kappa shape index (κ2) is 4.00. The van der Waals surface area contributed by atoms with Crippen LogP contribution in [0.1, 0.15) is 31.1 Å². The maximum atomic E-state index is 5.77. The smallest absolute Gasteiger partial charge is 0.226 e. The molecule has 3 heteroatoms. The van der Waals surface area contributed by atoms with E-state index in [0.717, 1.165) is 22.6 Å². The number of hydrogen-bond donors (Lipinski definition) is 1. The van der Waals surface area contributed by atoms with Crippen LogP contribution in [0.25, 0.3) is 11.5 Å². The summed E-state index contributed by atoms with van der Waals surface area (Å²) in [7, 11) is 0. The van der Waals surface area contributed by atoms with E-state index < -0.39 is 0 Å². The Labute approximate surface area is 95.3 Å². The van der Waals surface area contributed by atoms with Crippen molar-refractivity contribution >= 4 is 5.69 Å². The van der Waals surface area contributed by atoms with Gasteiger partial charge in [-0.05, 0) is 30.7 Å². The normalized spacial score (nSPS) is 11.0. The third kappa shape index (κ3) is 1.94. The van der Waals surface area contributed by atoms with Crippen LogP contribution >= 0.6 is 0 Å². The first-order valence-electron chi connectivity index (χ1n) is 5.40. The van der Waals surface area contributed by atoms with Gasteiger partial charge in [-0.2, -0.15) is 0 Å². The molecule has 0 bridgehead atoms. The van der Waals surface area contributed by atoms with Crippen LogP contribution in [0.2, 0.25) is 0 Å². The Morgan fingerprint density at radius 3 is 2.62 bits per heavy atom. The fourth-order valence-electron chi connectivity index (χ4n) is 1.50. The van der Waals surface area contributed by atoms with Gasteiger partial charge in [0.05, 0.1) is 6.20 Å². The largest absolute Gasteiger partial charge is 0.441 e. The van der Waals surface area contributed by atoms with E-state index in [1.165, 1.54) is 0 Å². The summed E-state index contributed by atoms with van der Waals surface area (Å²) in [6.45, 7) is 6.14. The third-order valence-electron chi connectivity index (χ3n) is 2.61. The maximum absolute atomic E-state index is 5.77. The van der Waals surface area contributed by atoms with Gasteiger partial charge in [-0.1, -0.05) is 13.8 Å². The zero-order valence-electron chi connectivity index (χ0n) is 9.82. The number of oxazole rings is 1. The second-order valence-electron chi connectivity index (χ2n) is 4.29. The van der Waals surface area contributed by atoms with E-state index in [4.69, 9.17) is 10.2 Å². The Balaban J connectivity index is 2.39. The highest BCUT2D eigenvalue weighted by Gasteiger charge is 2.09. The number of aromatic nitrogens is 1. The standard InChI is InChI=1S/C13H16N2O/c1-8(2)12-7-15-13(16-12)10-4-5-11(14)9(3)6-10/h4-8H,14H2,1-3H3. The molecule has 0 aliphatic heterocycles. The van der Waals surface area contributed by atoms with E-state index in [-0.39, 0.29) is 0 Å². The molecule has 0 atom stereocenters. The number of aryl methyl sites for hydroxylation is 1. The molecule has 0 aliphatic carbocycles. The van der Waals surface area contributed by atoms with Crippen LogP contribution < -0.4 is 5.73 Å². The number of anilines is 1. The van der Waals surface area contributed by atoms with E-state index in [1.54, 1.807) is 6.20 Å². The first-order chi connectivity index (χ1) is 7.58. The van der Waals surface area contributed by atoms with E-state index in [9.17, 15) is 0 Å². The number of benzene rings is 1. The van der Waals surface area contributed by atoms with E-state index in [0.29, 0.717) is 11.8 Å². The fourth-order valence-corrected chi connectivity index (χ4v) is 1.50. The minimum atomic E-state index is 0.358. The zero-order chi connectivity index (χ0) is 11.7. The molecule has 1 heterocycles. The Morgan fingerprint density at radius 2 is 2.06 bits per heavy atom. The van der Waals surface area contributed by atoms with Gasteiger partial charge in [0.15, 0.2) is 0 Å². The van der Waals surface area contributed by atoms with Gasteiger partial charge in [0, 0.05) is 17.2 Å². The number of hydrogen-bond acceptors (Lipinski definition) is 3. The lowest BCUT2D eigenvalue weighted by molar-refractivity contribution is 0.495. The molecule has 0 spiro atoms. The molecule has 1 aromatic carbocycles. The summed E-state index contributed by atoms with van der Waals surface area (Å²) in [4.78, 5) is 4.27. The summed E-state index contributed by atoms with van der Waals surface area (Å²) in [6, 6.07) is 5.80. The maximum Gasteiger partial charge on any atom is 0.226 e. The average Bonchev–Trinajstić information content (AvgIpc) is 2.71. The van der Waals surface area contributed by atoms with Gasteiger partial charge in [-0.15, -0.1) is 0 Å². The predicted octanol–water partition coefficient (Wildman–Crippen LogP) is 3.36. The topological polar surface area (TPSA) is 52.0 Å². The molecule has 16 heavy (non-hydrogen) atoms. The summed E-state index contributed by atoms with van der Waals surface area (Å²) in [5.41, 5.74) is 8.57. The third-order valence-corrected chi connectivity index (χ3v) is 2.61. The molecule has 0 fully saturated rings. The fraction of sp³-hybridized carbons (Fsp3) is 0.308. The van der Waals surface area contributed by atoms with Gasteiger partial charge < -0.3 is 10.2 Å². The van der Waals surface area contributed by atoms with Crippen LogP contribution in [0, 0.1) is 6.92 Å². The van der Waals surface area contributed by atoms with Crippen LogP contribution in [-0.2, 0) is 0 Å². The van der Waals surface area contributed by atoms with Crippen molar-refractivity contribution in [2.45, 2.75) is 26.7 Å². The van der Waals surface area contributed by atoms with Gasteiger partial charge in [0.25, 0.3) is 0 Å². The molecule has 0 saturated carbocycles. The molecule has 0 aliphatic rings. The Bertz CT molecular complexity index is 500. The van der Waals surface area contributed by atoms with Crippen molar-refractivity contribution in [1.82, 2.24) is 4.98 Å². The van der Waals surface area contributed by atoms with Crippen LogP contribution in [-0.4, -0.2) is 4.98 Å². The van der Waals surface area contributed by atoms with Crippen molar-refractivity contribution in [2.24, 2.45) is 0 Å². The van der Waals surface area contributed by atoms with Crippen molar-refractivity contribution in [2.75, 3.05) is 5.73 Å². The summed E-state index contributed by atoms with van der Waals surface area (Å²) in [5, 5.41) is 0. The van der Waals surface area contributed by atoms with Crippen molar-refractivity contribution in [3.05, 3.63) is 35.7 Å². The van der Waals surface area contributed by atoms with Gasteiger partial charge >= 0.3 is 0 Å². The van der Waals surface area contributed by atoms with Crippen molar-refractivity contribution in [3.8, 4) is 11.5 Å². The first-order valence-corrected chi connectivity index (χ1v) is 5.40. The van der Waals surface area contributed by atoms with E-state index >= 15 is 0 Å². The molecule has 1 aromatic heterocycles. The average molecular weight is 216 g/mol. The Kier molecular flexibility index (Phi) is 2.69. The molecular formula is C13H16N2O. The molecular weight excluding hydrogens is 200 g/mol. The van der Waals surface area contributed by atoms with E-state index in [2.05, 4.69) is 18.8 Å². The van der Waals surface area contributed by atoms with Gasteiger partial charge in [0.1, 0.15) is 5.76 Å². The molecule has 0 unspecified atom stereocenters. The highest BCUT2D eigenvalue weighted by Crippen LogP contribution is 2.25. The van der Waals surface area contributed by atoms with Crippen molar-refractivity contribution in [1.29, 1.82) is 0 Å². The van der Waals surface area contributed by atoms with E-state index in [1.807, 2.05) is 25.1 Å². The molecule has 0 radical (unpaired) electrons. The van der Waals surface area contributed by atoms with Crippen molar-refractivity contribution in [3.63, 3.8) is 0 Å². The Hall–Kier alpha value is -1.77. The predicted molar refractivity (Wildman–Crippen MR) is 65.2 cm³/mol. The highest BCUT2D eigenvalue weighted by atomic mass is 16.4. The first kappa shape index (κ1) is 10.7. The lowest BCUT2D eigenvalue weighted by Crippen LogP contribution is -1.89. The number of nitrogen functional groups attached to an aromatic ring is 1. The van der Waals surface area contributed by atoms with Crippen molar-refractivity contribution < 1.29 is 4.42 Å². The molecule has 0 amide bonds. The second-order valence-corrected chi connectivity index (χ2v) is 4.29. The van der Waals surface area contributed by atoms with Crippen LogP contribution in [0.3, 0.4) is 0 Å². The molecule has 0 saturated heterocycles. The summed E-state index contributed by atoms with van der Waals surface area (Å²) in [6.07, 6.45) is 1.78. The zero-order valence-corrected chi connectivity index (χ0v) is 9.82. The SMILES string of the molecule is Cc1cc(-c2ncc(C(C)C)o2)ccc1N. The van der Waals surface area contributed by atoms with Gasteiger partial charge in [-0.3, -0.25) is 0 Å². The minimum Gasteiger partial charge on any atom is -0.441 e. The van der Waals surface area contributed by atoms with Gasteiger partial charge in [0.2, 0.25) is 5.89 Å². The molecule has 84 valence electrons. The van der Waals surface area contributed by atoms with Crippen LogP contribution in [0.15, 0.2) is 28.8 Å². The number of rotatable bonds is 2. The minimum absolute atomic E-state index is 0.358. The lowest BCUT2D eigenvalue weighted by Gasteiger charge is -2.02. The van der Waals surface area contributed by atoms with Gasteiger partial charge in [-0.25, -0.2) is 4.98 Å². The molecule has 2 rings (SSSR count). The molecule has 2 N–H and O–H groups in total. The molecule has 2 aromatic rings. The number of nitrogens with two attached hydrogens (primary N) is 1. The Morgan fingerprint density at radius 1 is 1.31 bits per heavy atom.